The number of hydrogen-bond acceptors (Lipinski definition) is 4. The zero-order chi connectivity index (χ0) is 17.5. The van der Waals surface area contributed by atoms with Crippen LogP contribution in [-0.4, -0.2) is 29.4 Å². The summed E-state index contributed by atoms with van der Waals surface area (Å²) in [6.07, 6.45) is 3.21. The van der Waals surface area contributed by atoms with E-state index in [0.717, 1.165) is 30.5 Å². The summed E-state index contributed by atoms with van der Waals surface area (Å²) in [6.45, 7) is 6.97. The maximum Gasteiger partial charge on any atom is 0.223 e. The number of hydrogen-bond donors (Lipinski definition) is 2. The van der Waals surface area contributed by atoms with Crippen molar-refractivity contribution in [3.8, 4) is 5.75 Å². The summed E-state index contributed by atoms with van der Waals surface area (Å²) in [4.78, 5) is 17.7. The molecule has 1 amide bonds. The van der Waals surface area contributed by atoms with E-state index in [2.05, 4.69) is 31.2 Å². The van der Waals surface area contributed by atoms with E-state index in [0.29, 0.717) is 18.9 Å². The minimum Gasteiger partial charge on any atom is -0.508 e. The summed E-state index contributed by atoms with van der Waals surface area (Å²) in [6, 6.07) is 6.99. The number of carbonyl (C=O) groups excluding carboxylic acids is 1. The number of rotatable bonds is 8. The number of amides is 1. The van der Waals surface area contributed by atoms with Gasteiger partial charge in [-0.1, -0.05) is 38.8 Å². The van der Waals surface area contributed by atoms with Crippen LogP contribution >= 0.6 is 0 Å². The summed E-state index contributed by atoms with van der Waals surface area (Å²) in [5.41, 5.74) is 1.82. The fraction of sp³-hybridized carbons (Fsp3) is 0.579. The largest absolute Gasteiger partial charge is 0.508 e. The highest BCUT2D eigenvalue weighted by molar-refractivity contribution is 6.03. The van der Waals surface area contributed by atoms with Crippen LogP contribution in [-0.2, 0) is 9.63 Å². The molecule has 2 N–H and O–H groups in total. The van der Waals surface area contributed by atoms with Gasteiger partial charge in [-0.3, -0.25) is 4.79 Å². The highest BCUT2D eigenvalue weighted by Gasteiger charge is 2.35. The smallest absolute Gasteiger partial charge is 0.223 e. The number of benzene rings is 1. The molecular weight excluding hydrogens is 304 g/mol. The second-order valence-electron chi connectivity index (χ2n) is 6.82. The van der Waals surface area contributed by atoms with E-state index in [4.69, 9.17) is 4.84 Å². The van der Waals surface area contributed by atoms with Gasteiger partial charge in [-0.2, -0.15) is 0 Å². The number of carbonyl (C=O) groups is 1. The SMILES string of the molecule is CCCCC1C(c2ccc(O)cc2)=NOC1CC(=O)NCC(C)C. The lowest BCUT2D eigenvalue weighted by Gasteiger charge is -2.19. The number of nitrogens with zero attached hydrogens (tertiary/aromatic N) is 1. The molecule has 5 heteroatoms. The number of oxime groups is 1. The van der Waals surface area contributed by atoms with Gasteiger partial charge in [-0.25, -0.2) is 0 Å². The summed E-state index contributed by atoms with van der Waals surface area (Å²) < 4.78 is 0. The first-order valence-electron chi connectivity index (χ1n) is 8.81. The third kappa shape index (κ3) is 4.98. The zero-order valence-electron chi connectivity index (χ0n) is 14.8. The molecule has 1 aromatic carbocycles. The molecule has 2 rings (SSSR count). The highest BCUT2D eigenvalue weighted by atomic mass is 16.6. The Kier molecular flexibility index (Phi) is 6.64. The van der Waals surface area contributed by atoms with E-state index in [1.807, 2.05) is 12.1 Å². The van der Waals surface area contributed by atoms with Gasteiger partial charge >= 0.3 is 0 Å². The molecule has 1 aliphatic rings. The number of nitrogens with one attached hydrogen (secondary N) is 1. The fourth-order valence-electron chi connectivity index (χ4n) is 2.84. The normalized spacial score (nSPS) is 19.9. The van der Waals surface area contributed by atoms with Crippen LogP contribution in [0, 0.1) is 11.8 Å². The van der Waals surface area contributed by atoms with E-state index in [9.17, 15) is 9.90 Å². The van der Waals surface area contributed by atoms with Crippen molar-refractivity contribution in [3.05, 3.63) is 29.8 Å². The van der Waals surface area contributed by atoms with E-state index >= 15 is 0 Å². The monoisotopic (exact) mass is 332 g/mol. The Morgan fingerprint density at radius 3 is 2.67 bits per heavy atom. The Morgan fingerprint density at radius 1 is 1.33 bits per heavy atom. The second-order valence-corrected chi connectivity index (χ2v) is 6.82. The summed E-state index contributed by atoms with van der Waals surface area (Å²) in [5, 5.41) is 16.7. The standard InChI is InChI=1S/C19H28N2O3/c1-4-5-6-16-17(11-18(23)20-12-13(2)3)24-21-19(16)14-7-9-15(22)10-8-14/h7-10,13,16-17,22H,4-6,11-12H2,1-3H3,(H,20,23). The van der Waals surface area contributed by atoms with Gasteiger partial charge in [-0.15, -0.1) is 0 Å². The van der Waals surface area contributed by atoms with Crippen molar-refractivity contribution < 1.29 is 14.7 Å². The Labute approximate surface area is 144 Å². The minimum atomic E-state index is -0.215. The molecule has 1 aliphatic heterocycles. The summed E-state index contributed by atoms with van der Waals surface area (Å²) in [7, 11) is 0. The Balaban J connectivity index is 2.04. The summed E-state index contributed by atoms with van der Waals surface area (Å²) in [5.74, 6) is 0.780. The number of phenols is 1. The van der Waals surface area contributed by atoms with Gasteiger partial charge in [0, 0.05) is 12.5 Å². The van der Waals surface area contributed by atoms with Gasteiger partial charge in [0.25, 0.3) is 0 Å². The second kappa shape index (κ2) is 8.71. The average molecular weight is 332 g/mol. The van der Waals surface area contributed by atoms with Crippen molar-refractivity contribution in [2.45, 2.75) is 52.6 Å². The lowest BCUT2D eigenvalue weighted by molar-refractivity contribution is -0.124. The van der Waals surface area contributed by atoms with Crippen LogP contribution in [0.15, 0.2) is 29.4 Å². The van der Waals surface area contributed by atoms with Crippen LogP contribution in [0.5, 0.6) is 5.75 Å². The molecule has 132 valence electrons. The third-order valence-corrected chi connectivity index (χ3v) is 4.21. The van der Waals surface area contributed by atoms with Crippen molar-refractivity contribution in [2.24, 2.45) is 17.0 Å². The van der Waals surface area contributed by atoms with Gasteiger partial charge in [0.2, 0.25) is 5.91 Å². The van der Waals surface area contributed by atoms with Crippen LogP contribution in [0.4, 0.5) is 0 Å². The maximum atomic E-state index is 12.1. The van der Waals surface area contributed by atoms with Crippen LogP contribution in [0.25, 0.3) is 0 Å². The van der Waals surface area contributed by atoms with Crippen molar-refractivity contribution in [1.29, 1.82) is 0 Å². The van der Waals surface area contributed by atoms with Gasteiger partial charge in [0.1, 0.15) is 11.9 Å². The average Bonchev–Trinajstić information content (AvgIpc) is 2.94. The first kappa shape index (κ1) is 18.3. The topological polar surface area (TPSA) is 70.9 Å². The van der Waals surface area contributed by atoms with Gasteiger partial charge < -0.3 is 15.3 Å². The van der Waals surface area contributed by atoms with E-state index < -0.39 is 0 Å². The molecule has 0 radical (unpaired) electrons. The predicted molar refractivity (Wildman–Crippen MR) is 95.0 cm³/mol. The van der Waals surface area contributed by atoms with Crippen LogP contribution < -0.4 is 5.32 Å². The molecule has 0 saturated carbocycles. The molecule has 24 heavy (non-hydrogen) atoms. The van der Waals surface area contributed by atoms with Crippen molar-refractivity contribution >= 4 is 11.6 Å². The molecule has 0 spiro atoms. The fourth-order valence-corrected chi connectivity index (χ4v) is 2.84. The molecule has 5 nitrogen and oxygen atoms in total. The number of phenolic OH excluding ortho intramolecular Hbond substituents is 1. The molecule has 0 saturated heterocycles. The van der Waals surface area contributed by atoms with E-state index in [-0.39, 0.29) is 23.7 Å². The molecule has 0 fully saturated rings. The Hall–Kier alpha value is -2.04. The molecule has 2 unspecified atom stereocenters. The van der Waals surface area contributed by atoms with Crippen molar-refractivity contribution in [3.63, 3.8) is 0 Å². The third-order valence-electron chi connectivity index (χ3n) is 4.21. The summed E-state index contributed by atoms with van der Waals surface area (Å²) >= 11 is 0. The first-order valence-corrected chi connectivity index (χ1v) is 8.81. The molecular formula is C19H28N2O3. The Bertz CT molecular complexity index is 566. The molecule has 1 heterocycles. The molecule has 0 aliphatic carbocycles. The number of aromatic hydroxyl groups is 1. The van der Waals surface area contributed by atoms with E-state index in [1.165, 1.54) is 0 Å². The predicted octanol–water partition coefficient (Wildman–Crippen LogP) is 3.46. The zero-order valence-corrected chi connectivity index (χ0v) is 14.8. The van der Waals surface area contributed by atoms with Crippen LogP contribution in [0.2, 0.25) is 0 Å². The van der Waals surface area contributed by atoms with Crippen LogP contribution in [0.1, 0.15) is 52.0 Å². The molecule has 2 atom stereocenters. The van der Waals surface area contributed by atoms with Gasteiger partial charge in [-0.05, 0) is 42.2 Å². The van der Waals surface area contributed by atoms with Crippen molar-refractivity contribution in [1.82, 2.24) is 5.32 Å². The van der Waals surface area contributed by atoms with E-state index in [1.54, 1.807) is 12.1 Å². The molecule has 1 aromatic rings. The molecule has 0 aromatic heterocycles. The van der Waals surface area contributed by atoms with Gasteiger partial charge in [0.15, 0.2) is 0 Å². The minimum absolute atomic E-state index is 0.0114. The van der Waals surface area contributed by atoms with Crippen LogP contribution in [0.3, 0.4) is 0 Å². The number of unbranched alkanes of at least 4 members (excludes halogenated alkanes) is 1. The maximum absolute atomic E-state index is 12.1. The lowest BCUT2D eigenvalue weighted by atomic mass is 9.86. The molecule has 0 bridgehead atoms. The lowest BCUT2D eigenvalue weighted by Crippen LogP contribution is -2.34. The van der Waals surface area contributed by atoms with Crippen molar-refractivity contribution in [2.75, 3.05) is 6.54 Å². The van der Waals surface area contributed by atoms with Gasteiger partial charge in [0.05, 0.1) is 12.1 Å². The first-order chi connectivity index (χ1) is 11.5. The quantitative estimate of drug-likeness (QED) is 0.766. The Morgan fingerprint density at radius 2 is 2.04 bits per heavy atom. The highest BCUT2D eigenvalue weighted by Crippen LogP contribution is 2.30.